The van der Waals surface area contributed by atoms with Crippen molar-refractivity contribution >= 4 is 34.0 Å². The number of hydrogen-bond donors (Lipinski definition) is 1. The lowest BCUT2D eigenvalue weighted by Crippen LogP contribution is -2.45. The maximum absolute atomic E-state index is 14.5. The summed E-state index contributed by atoms with van der Waals surface area (Å²) in [5.41, 5.74) is 1.14. The van der Waals surface area contributed by atoms with Crippen molar-refractivity contribution in [3.8, 4) is 27.7 Å². The molecule has 202 valence electrons. The van der Waals surface area contributed by atoms with Crippen LogP contribution < -0.4 is 30.8 Å². The summed E-state index contributed by atoms with van der Waals surface area (Å²) in [5, 5.41) is 3.28. The number of hydrogen-bond acceptors (Lipinski definition) is 7. The van der Waals surface area contributed by atoms with Crippen LogP contribution in [0.5, 0.6) is 17.2 Å². The number of aromatic nitrogens is 2. The topological polar surface area (TPSA) is 83.7 Å². The predicted molar refractivity (Wildman–Crippen MR) is 149 cm³/mol. The van der Waals surface area contributed by atoms with E-state index in [-0.39, 0.29) is 36.3 Å². The van der Waals surface area contributed by atoms with Crippen LogP contribution >= 0.6 is 23.7 Å². The van der Waals surface area contributed by atoms with E-state index in [1.165, 1.54) is 35.1 Å². The van der Waals surface area contributed by atoms with E-state index < -0.39 is 11.5 Å². The van der Waals surface area contributed by atoms with Gasteiger partial charge in [0.2, 0.25) is 0 Å². The number of methoxy groups -OCH3 is 3. The predicted octanol–water partition coefficient (Wildman–Crippen LogP) is 4.45. The molecule has 0 saturated carbocycles. The first-order chi connectivity index (χ1) is 17.9. The zero-order chi connectivity index (χ0) is 26.1. The number of halogens is 2. The van der Waals surface area contributed by atoms with E-state index >= 15 is 0 Å². The molecule has 0 amide bonds. The minimum Gasteiger partial charge on any atom is -0.497 e. The summed E-state index contributed by atoms with van der Waals surface area (Å²) < 4.78 is 33.9. The molecule has 5 rings (SSSR count). The van der Waals surface area contributed by atoms with Crippen molar-refractivity contribution in [3.05, 3.63) is 74.7 Å². The smallest absolute Gasteiger partial charge is 0.332 e. The van der Waals surface area contributed by atoms with E-state index in [1.54, 1.807) is 37.0 Å². The van der Waals surface area contributed by atoms with Crippen LogP contribution in [0.15, 0.2) is 52.1 Å². The molecular weight excluding hydrogens is 533 g/mol. The van der Waals surface area contributed by atoms with Crippen molar-refractivity contribution < 1.29 is 18.6 Å². The summed E-state index contributed by atoms with van der Waals surface area (Å²) in [5.74, 6) is 0.885. The fraction of sp³-hybridized carbons (Fsp3) is 0.333. The number of thiophene rings is 1. The van der Waals surface area contributed by atoms with Crippen LogP contribution in [-0.2, 0) is 6.54 Å². The molecule has 1 aliphatic heterocycles. The third kappa shape index (κ3) is 5.03. The Morgan fingerprint density at radius 2 is 1.68 bits per heavy atom. The fourth-order valence-electron chi connectivity index (χ4n) is 4.83. The van der Waals surface area contributed by atoms with Gasteiger partial charge in [-0.05, 0) is 67.9 Å². The highest BCUT2D eigenvalue weighted by Gasteiger charge is 2.24. The van der Waals surface area contributed by atoms with Gasteiger partial charge in [0.25, 0.3) is 5.56 Å². The molecule has 0 radical (unpaired) electrons. The molecule has 0 unspecified atom stereocenters. The van der Waals surface area contributed by atoms with Crippen LogP contribution in [0.4, 0.5) is 4.39 Å². The molecule has 38 heavy (non-hydrogen) atoms. The molecule has 0 atom stereocenters. The molecule has 1 aliphatic rings. The number of benzene rings is 2. The van der Waals surface area contributed by atoms with Crippen LogP contribution in [0.2, 0.25) is 0 Å². The highest BCUT2D eigenvalue weighted by atomic mass is 35.5. The molecule has 1 saturated heterocycles. The summed E-state index contributed by atoms with van der Waals surface area (Å²) in [4.78, 5) is 28.3. The molecule has 2 aromatic heterocycles. The number of fused-ring (bicyclic) bond motifs is 1. The van der Waals surface area contributed by atoms with Crippen LogP contribution in [0.1, 0.15) is 24.4 Å². The van der Waals surface area contributed by atoms with Gasteiger partial charge < -0.3 is 19.5 Å². The monoisotopic (exact) mass is 561 g/mol. The second kappa shape index (κ2) is 11.6. The summed E-state index contributed by atoms with van der Waals surface area (Å²) in [6, 6.07) is 11.7. The summed E-state index contributed by atoms with van der Waals surface area (Å²) in [7, 11) is 4.57. The minimum absolute atomic E-state index is 0. The van der Waals surface area contributed by atoms with Crippen molar-refractivity contribution in [2.45, 2.75) is 25.4 Å². The van der Waals surface area contributed by atoms with Crippen LogP contribution in [-0.4, -0.2) is 43.6 Å². The SMILES string of the molecule is COc1ccc(OC)c(-c2cc3c(s2)c(=O)n(C2CCNCC2)c(=O)n3Cc2ccc(OC)c(F)c2)c1.Cl. The third-order valence-electron chi connectivity index (χ3n) is 6.76. The second-order valence-corrected chi connectivity index (χ2v) is 9.94. The fourth-order valence-corrected chi connectivity index (χ4v) is 5.95. The van der Waals surface area contributed by atoms with Crippen LogP contribution in [0.25, 0.3) is 20.7 Å². The Labute approximate surface area is 229 Å². The zero-order valence-corrected chi connectivity index (χ0v) is 22.9. The van der Waals surface area contributed by atoms with E-state index in [4.69, 9.17) is 14.2 Å². The lowest BCUT2D eigenvalue weighted by Gasteiger charge is -2.25. The Bertz CT molecular complexity index is 1580. The van der Waals surface area contributed by atoms with Gasteiger partial charge in [0.1, 0.15) is 16.2 Å². The number of rotatable bonds is 7. The van der Waals surface area contributed by atoms with Gasteiger partial charge in [0.05, 0.1) is 33.4 Å². The number of nitrogens with one attached hydrogen (secondary N) is 1. The van der Waals surface area contributed by atoms with Gasteiger partial charge in [-0.2, -0.15) is 0 Å². The average Bonchev–Trinajstić information content (AvgIpc) is 3.37. The van der Waals surface area contributed by atoms with Gasteiger partial charge in [-0.15, -0.1) is 23.7 Å². The van der Waals surface area contributed by atoms with Gasteiger partial charge in [0, 0.05) is 16.5 Å². The minimum atomic E-state index is -0.511. The molecule has 0 spiro atoms. The highest BCUT2D eigenvalue weighted by molar-refractivity contribution is 7.22. The molecule has 11 heteroatoms. The maximum Gasteiger partial charge on any atom is 0.332 e. The van der Waals surface area contributed by atoms with Crippen LogP contribution in [0.3, 0.4) is 0 Å². The standard InChI is InChI=1S/C27H28FN3O5S.ClH/c1-34-18-5-7-22(35-2)19(13-18)24-14-21-25(37-24)26(32)31(17-8-10-29-11-9-17)27(33)30(21)15-16-4-6-23(36-3)20(28)12-16;/h4-7,12-14,17,29H,8-11,15H2,1-3H3;1H. The molecule has 8 nitrogen and oxygen atoms in total. The molecule has 3 heterocycles. The lowest BCUT2D eigenvalue weighted by molar-refractivity contribution is 0.346. The van der Waals surface area contributed by atoms with Crippen molar-refractivity contribution in [2.24, 2.45) is 0 Å². The van der Waals surface area contributed by atoms with Crippen LogP contribution in [0, 0.1) is 5.82 Å². The molecule has 2 aromatic carbocycles. The molecule has 0 bridgehead atoms. The van der Waals surface area contributed by atoms with Gasteiger partial charge >= 0.3 is 5.69 Å². The third-order valence-corrected chi connectivity index (χ3v) is 7.90. The quantitative estimate of drug-likeness (QED) is 0.359. The molecule has 1 N–H and O–H groups in total. The van der Waals surface area contributed by atoms with Gasteiger partial charge in [-0.3, -0.25) is 13.9 Å². The normalized spacial score (nSPS) is 13.8. The van der Waals surface area contributed by atoms with Crippen molar-refractivity contribution in [1.29, 1.82) is 0 Å². The maximum atomic E-state index is 14.5. The average molecular weight is 562 g/mol. The lowest BCUT2D eigenvalue weighted by atomic mass is 10.1. The Balaban J connectivity index is 0.00000336. The Kier molecular flexibility index (Phi) is 8.44. The number of nitrogens with zero attached hydrogens (tertiary/aromatic N) is 2. The van der Waals surface area contributed by atoms with E-state index in [0.717, 1.165) is 23.5 Å². The first-order valence-electron chi connectivity index (χ1n) is 12.0. The van der Waals surface area contributed by atoms with E-state index in [9.17, 15) is 14.0 Å². The highest BCUT2D eigenvalue weighted by Crippen LogP contribution is 2.39. The summed E-state index contributed by atoms with van der Waals surface area (Å²) >= 11 is 1.31. The second-order valence-electron chi connectivity index (χ2n) is 8.89. The van der Waals surface area contributed by atoms with Gasteiger partial charge in [0.15, 0.2) is 11.6 Å². The molecular formula is C27H29ClFN3O5S. The molecule has 0 aliphatic carbocycles. The van der Waals surface area contributed by atoms with Crippen molar-refractivity contribution in [3.63, 3.8) is 0 Å². The van der Waals surface area contributed by atoms with Gasteiger partial charge in [-0.1, -0.05) is 6.07 Å². The van der Waals surface area contributed by atoms with E-state index in [2.05, 4.69) is 5.32 Å². The Morgan fingerprint density at radius 1 is 0.974 bits per heavy atom. The first-order valence-corrected chi connectivity index (χ1v) is 12.8. The Hall–Kier alpha value is -3.34. The molecule has 4 aromatic rings. The van der Waals surface area contributed by atoms with Gasteiger partial charge in [-0.25, -0.2) is 9.18 Å². The first kappa shape index (κ1) is 27.7. The van der Waals surface area contributed by atoms with E-state index in [0.29, 0.717) is 40.1 Å². The van der Waals surface area contributed by atoms with Crippen molar-refractivity contribution in [2.75, 3.05) is 34.4 Å². The molecule has 1 fully saturated rings. The van der Waals surface area contributed by atoms with E-state index in [1.807, 2.05) is 12.1 Å². The zero-order valence-electron chi connectivity index (χ0n) is 21.3. The summed E-state index contributed by atoms with van der Waals surface area (Å²) in [6.07, 6.45) is 1.36. The largest absolute Gasteiger partial charge is 0.497 e. The van der Waals surface area contributed by atoms with Crippen molar-refractivity contribution in [1.82, 2.24) is 14.5 Å². The Morgan fingerprint density at radius 3 is 2.34 bits per heavy atom. The number of ether oxygens (including phenoxy) is 3. The number of piperidine rings is 1. The summed E-state index contributed by atoms with van der Waals surface area (Å²) in [6.45, 7) is 1.57.